The first-order valence-electron chi connectivity index (χ1n) is 10.8. The van der Waals surface area contributed by atoms with Crippen LogP contribution in [0.15, 0.2) is 64.2 Å². The van der Waals surface area contributed by atoms with Crippen LogP contribution in [-0.2, 0) is 21.4 Å². The Morgan fingerprint density at radius 1 is 1.14 bits per heavy atom. The summed E-state index contributed by atoms with van der Waals surface area (Å²) in [5.41, 5.74) is 4.95. The van der Waals surface area contributed by atoms with Crippen molar-refractivity contribution in [1.82, 2.24) is 5.43 Å². The highest BCUT2D eigenvalue weighted by Crippen LogP contribution is 2.37. The summed E-state index contributed by atoms with van der Waals surface area (Å²) in [5.74, 6) is 0.321. The number of carbonyl (C=O) groups excluding carboxylic acids is 1. The first kappa shape index (κ1) is 28.8. The van der Waals surface area contributed by atoms with Crippen molar-refractivity contribution in [2.45, 2.75) is 13.5 Å². The molecule has 3 aromatic carbocycles. The number of hydrogen-bond donors (Lipinski definition) is 1. The lowest BCUT2D eigenvalue weighted by Gasteiger charge is -2.21. The Morgan fingerprint density at radius 2 is 1.84 bits per heavy atom. The minimum absolute atomic E-state index is 0.278. The van der Waals surface area contributed by atoms with Crippen LogP contribution in [0.4, 0.5) is 5.69 Å². The highest BCUT2D eigenvalue weighted by molar-refractivity contribution is 9.10. The third kappa shape index (κ3) is 8.10. The van der Waals surface area contributed by atoms with Crippen LogP contribution in [0.3, 0.4) is 0 Å². The zero-order valence-electron chi connectivity index (χ0n) is 20.2. The lowest BCUT2D eigenvalue weighted by Crippen LogP contribution is -2.39. The van der Waals surface area contributed by atoms with E-state index in [0.717, 1.165) is 21.7 Å². The largest absolute Gasteiger partial charge is 0.493 e. The van der Waals surface area contributed by atoms with E-state index in [1.165, 1.54) is 19.4 Å². The van der Waals surface area contributed by atoms with Crippen LogP contribution in [0.5, 0.6) is 11.5 Å². The zero-order chi connectivity index (χ0) is 27.2. The molecule has 0 atom stereocenters. The van der Waals surface area contributed by atoms with Crippen molar-refractivity contribution in [3.05, 3.63) is 85.8 Å². The smallest absolute Gasteiger partial charge is 0.260 e. The van der Waals surface area contributed by atoms with Crippen molar-refractivity contribution >= 4 is 67.0 Å². The van der Waals surface area contributed by atoms with Crippen molar-refractivity contribution in [3.63, 3.8) is 0 Å². The van der Waals surface area contributed by atoms with Gasteiger partial charge in [0.25, 0.3) is 5.91 Å². The number of amides is 1. The number of benzene rings is 3. The normalized spacial score (nSPS) is 11.4. The lowest BCUT2D eigenvalue weighted by atomic mass is 10.2. The average molecular weight is 629 g/mol. The van der Waals surface area contributed by atoms with Crippen LogP contribution in [0.1, 0.15) is 16.7 Å². The maximum absolute atomic E-state index is 12.5. The van der Waals surface area contributed by atoms with Crippen LogP contribution < -0.4 is 19.2 Å². The van der Waals surface area contributed by atoms with Gasteiger partial charge in [0.2, 0.25) is 10.0 Å². The van der Waals surface area contributed by atoms with Gasteiger partial charge < -0.3 is 9.47 Å². The molecule has 0 heterocycles. The van der Waals surface area contributed by atoms with Crippen molar-refractivity contribution in [1.29, 1.82) is 0 Å². The molecule has 1 N–H and O–H groups in total. The fraction of sp³-hybridized carbons (Fsp3) is 0.200. The molecule has 12 heteroatoms. The summed E-state index contributed by atoms with van der Waals surface area (Å²) in [6.07, 6.45) is 2.42. The molecule has 0 unspecified atom stereocenters. The van der Waals surface area contributed by atoms with Gasteiger partial charge in [-0.3, -0.25) is 9.10 Å². The van der Waals surface area contributed by atoms with Gasteiger partial charge in [-0.05, 0) is 75.9 Å². The molecule has 37 heavy (non-hydrogen) atoms. The number of halogens is 3. The molecule has 3 aromatic rings. The molecular formula is C25H24BrCl2N3O5S. The Hall–Kier alpha value is -2.79. The maximum Gasteiger partial charge on any atom is 0.260 e. The van der Waals surface area contributed by atoms with Gasteiger partial charge in [-0.25, -0.2) is 13.8 Å². The van der Waals surface area contributed by atoms with Gasteiger partial charge in [0.15, 0.2) is 11.5 Å². The van der Waals surface area contributed by atoms with Crippen LogP contribution in [-0.4, -0.2) is 40.4 Å². The number of hydrazone groups is 1. The Morgan fingerprint density at radius 3 is 2.46 bits per heavy atom. The monoisotopic (exact) mass is 627 g/mol. The van der Waals surface area contributed by atoms with Crippen LogP contribution in [0.25, 0.3) is 0 Å². The molecule has 0 aliphatic heterocycles. The fourth-order valence-electron chi connectivity index (χ4n) is 3.17. The fourth-order valence-corrected chi connectivity index (χ4v) is 4.90. The average Bonchev–Trinajstić information content (AvgIpc) is 2.83. The van der Waals surface area contributed by atoms with E-state index in [2.05, 4.69) is 26.5 Å². The minimum Gasteiger partial charge on any atom is -0.493 e. The standard InChI is InChI=1S/C25H24BrCl2N3O5S/c1-16-4-9-20(12-22(16)28)31(37(3,33)34)14-24(32)30-29-13-18-10-21(26)25(23(11-18)35-2)36-15-17-5-7-19(27)8-6-17/h4-13H,14-15H2,1-3H3,(H,30,32)/b29-13-. The lowest BCUT2D eigenvalue weighted by molar-refractivity contribution is -0.119. The van der Waals surface area contributed by atoms with Gasteiger partial charge >= 0.3 is 0 Å². The number of ether oxygens (including phenoxy) is 2. The number of hydrogen-bond acceptors (Lipinski definition) is 6. The number of aryl methyl sites for hydroxylation is 1. The van der Waals surface area contributed by atoms with E-state index in [1.807, 2.05) is 12.1 Å². The van der Waals surface area contributed by atoms with E-state index in [-0.39, 0.29) is 5.69 Å². The molecule has 0 spiro atoms. The van der Waals surface area contributed by atoms with E-state index in [0.29, 0.717) is 38.2 Å². The SMILES string of the molecule is COc1cc(/C=N\NC(=O)CN(c2ccc(C)c(Cl)c2)S(C)(=O)=O)cc(Br)c1OCc1ccc(Cl)cc1. The van der Waals surface area contributed by atoms with E-state index in [4.69, 9.17) is 32.7 Å². The topological polar surface area (TPSA) is 97.3 Å². The molecule has 0 radical (unpaired) electrons. The number of anilines is 1. The zero-order valence-corrected chi connectivity index (χ0v) is 24.1. The van der Waals surface area contributed by atoms with E-state index in [1.54, 1.807) is 43.3 Å². The third-order valence-corrected chi connectivity index (χ3v) is 7.47. The van der Waals surface area contributed by atoms with Crippen molar-refractivity contribution < 1.29 is 22.7 Å². The Balaban J connectivity index is 1.68. The van der Waals surface area contributed by atoms with Crippen LogP contribution >= 0.6 is 39.1 Å². The summed E-state index contributed by atoms with van der Waals surface area (Å²) in [6, 6.07) is 15.5. The second-order valence-electron chi connectivity index (χ2n) is 7.95. The summed E-state index contributed by atoms with van der Waals surface area (Å²) < 4.78 is 37.5. The van der Waals surface area contributed by atoms with E-state index < -0.39 is 22.5 Å². The molecule has 1 amide bonds. The van der Waals surface area contributed by atoms with Crippen molar-refractivity contribution in [3.8, 4) is 11.5 Å². The molecule has 0 saturated carbocycles. The molecule has 0 aliphatic rings. The third-order valence-electron chi connectivity index (χ3n) is 5.08. The van der Waals surface area contributed by atoms with Crippen LogP contribution in [0, 0.1) is 6.92 Å². The van der Waals surface area contributed by atoms with Gasteiger partial charge in [0.1, 0.15) is 13.2 Å². The summed E-state index contributed by atoms with van der Waals surface area (Å²) in [7, 11) is -2.24. The van der Waals surface area contributed by atoms with Crippen molar-refractivity contribution in [2.75, 3.05) is 24.2 Å². The van der Waals surface area contributed by atoms with E-state index in [9.17, 15) is 13.2 Å². The summed E-state index contributed by atoms with van der Waals surface area (Å²) in [4.78, 5) is 12.5. The van der Waals surface area contributed by atoms with Gasteiger partial charge in [0, 0.05) is 10.0 Å². The number of carbonyl (C=O) groups is 1. The predicted octanol–water partition coefficient (Wildman–Crippen LogP) is 5.57. The molecule has 0 bridgehead atoms. The number of nitrogens with zero attached hydrogens (tertiary/aromatic N) is 2. The second-order valence-corrected chi connectivity index (χ2v) is 11.6. The summed E-state index contributed by atoms with van der Waals surface area (Å²) in [6.45, 7) is 1.63. The molecule has 0 saturated heterocycles. The number of rotatable bonds is 10. The van der Waals surface area contributed by atoms with Gasteiger partial charge in [-0.15, -0.1) is 0 Å². The number of nitrogens with one attached hydrogen (secondary N) is 1. The molecule has 3 rings (SSSR count). The molecule has 0 aromatic heterocycles. The summed E-state index contributed by atoms with van der Waals surface area (Å²) in [5, 5.41) is 4.98. The minimum atomic E-state index is -3.75. The number of methoxy groups -OCH3 is 1. The Bertz CT molecular complexity index is 1420. The molecule has 0 fully saturated rings. The molecule has 196 valence electrons. The Labute approximate surface area is 234 Å². The molecular weight excluding hydrogens is 605 g/mol. The van der Waals surface area contributed by atoms with Gasteiger partial charge in [-0.1, -0.05) is 41.4 Å². The first-order valence-corrected chi connectivity index (χ1v) is 14.2. The maximum atomic E-state index is 12.5. The van der Waals surface area contributed by atoms with Crippen molar-refractivity contribution in [2.24, 2.45) is 5.10 Å². The van der Waals surface area contributed by atoms with Gasteiger partial charge in [-0.2, -0.15) is 5.10 Å². The van der Waals surface area contributed by atoms with Crippen LogP contribution in [0.2, 0.25) is 10.0 Å². The van der Waals surface area contributed by atoms with Gasteiger partial charge in [0.05, 0.1) is 29.7 Å². The quantitative estimate of drug-likeness (QED) is 0.234. The first-order chi connectivity index (χ1) is 17.5. The molecule has 0 aliphatic carbocycles. The molecule has 8 nitrogen and oxygen atoms in total. The highest BCUT2D eigenvalue weighted by atomic mass is 79.9. The number of sulfonamides is 1. The Kier molecular flexibility index (Phi) is 9.83. The second kappa shape index (κ2) is 12.6. The predicted molar refractivity (Wildman–Crippen MR) is 151 cm³/mol. The highest BCUT2D eigenvalue weighted by Gasteiger charge is 2.21. The summed E-state index contributed by atoms with van der Waals surface area (Å²) >= 11 is 15.5. The van der Waals surface area contributed by atoms with E-state index >= 15 is 0 Å².